The molecule has 2 aliphatic heterocycles. The topological polar surface area (TPSA) is 205 Å². The molecule has 0 radical (unpaired) electrons. The SMILES string of the molecule is CC1(C)OB(c2ccc(CO)cc2)OC1(C)C.CC1(C)OB(c2ccc(COC(=O)Oc3ccc([N+](=O)[O-])cc3)cc2)OC1(C)C.O=C(Cl)Oc1ccc([N+](=O)[O-])cc1. The summed E-state index contributed by atoms with van der Waals surface area (Å²) in [6.45, 7) is 16.2. The lowest BCUT2D eigenvalue weighted by atomic mass is 9.79. The minimum absolute atomic E-state index is 0.0233. The number of benzene rings is 4. The Morgan fingerprint density at radius 1 is 0.593 bits per heavy atom. The maximum Gasteiger partial charge on any atom is 0.514 e. The van der Waals surface area contributed by atoms with Crippen molar-refractivity contribution >= 4 is 59.7 Å². The fraction of sp³-hybridized carbons (Fsp3) is 0.350. The molecular weight excluding hydrogens is 790 g/mol. The lowest BCUT2D eigenvalue weighted by molar-refractivity contribution is -0.385. The Morgan fingerprint density at radius 3 is 1.25 bits per heavy atom. The number of carbonyl (C=O) groups is 2. The molecule has 16 nitrogen and oxygen atoms in total. The van der Waals surface area contributed by atoms with Crippen molar-refractivity contribution in [3.63, 3.8) is 0 Å². The van der Waals surface area contributed by atoms with Crippen molar-refractivity contribution in [2.75, 3.05) is 0 Å². The molecule has 2 saturated heterocycles. The minimum atomic E-state index is -0.978. The number of hydrogen-bond donors (Lipinski definition) is 1. The van der Waals surface area contributed by atoms with Gasteiger partial charge >= 0.3 is 25.8 Å². The number of nitro benzene ring substituents is 2. The molecule has 0 bridgehead atoms. The van der Waals surface area contributed by atoms with Gasteiger partial charge in [0.1, 0.15) is 18.1 Å². The molecule has 2 heterocycles. The van der Waals surface area contributed by atoms with E-state index in [9.17, 15) is 29.8 Å². The third kappa shape index (κ3) is 12.6. The van der Waals surface area contributed by atoms with Crippen LogP contribution in [0.5, 0.6) is 11.5 Å². The molecule has 0 amide bonds. The van der Waals surface area contributed by atoms with Crippen LogP contribution in [0.1, 0.15) is 66.5 Å². The largest absolute Gasteiger partial charge is 0.514 e. The van der Waals surface area contributed by atoms with Gasteiger partial charge in [0, 0.05) is 35.9 Å². The van der Waals surface area contributed by atoms with E-state index >= 15 is 0 Å². The van der Waals surface area contributed by atoms with Crippen molar-refractivity contribution in [2.24, 2.45) is 0 Å². The molecule has 2 aliphatic rings. The van der Waals surface area contributed by atoms with Gasteiger partial charge in [-0.1, -0.05) is 48.5 Å². The number of ether oxygens (including phenoxy) is 3. The summed E-state index contributed by atoms with van der Waals surface area (Å²) >= 11 is 4.92. The highest BCUT2D eigenvalue weighted by Crippen LogP contribution is 2.37. The fourth-order valence-corrected chi connectivity index (χ4v) is 5.23. The number of hydrogen-bond acceptors (Lipinski definition) is 14. The third-order valence-corrected chi connectivity index (χ3v) is 10.1. The van der Waals surface area contributed by atoms with E-state index in [2.05, 4.69) is 4.74 Å². The first-order chi connectivity index (χ1) is 27.5. The number of non-ortho nitro benzene ring substituents is 2. The first kappa shape index (κ1) is 46.3. The van der Waals surface area contributed by atoms with E-state index in [1.54, 1.807) is 0 Å². The molecule has 0 saturated carbocycles. The van der Waals surface area contributed by atoms with Gasteiger partial charge < -0.3 is 37.9 Å². The number of halogens is 1. The van der Waals surface area contributed by atoms with Crippen molar-refractivity contribution < 1.29 is 57.4 Å². The van der Waals surface area contributed by atoms with E-state index in [1.165, 1.54) is 48.5 Å². The molecule has 2 fully saturated rings. The van der Waals surface area contributed by atoms with Gasteiger partial charge in [-0.3, -0.25) is 20.2 Å². The summed E-state index contributed by atoms with van der Waals surface area (Å²) in [6.07, 6.45) is -0.895. The van der Waals surface area contributed by atoms with Crippen molar-refractivity contribution in [3.8, 4) is 11.5 Å². The highest BCUT2D eigenvalue weighted by molar-refractivity contribution is 6.62. The van der Waals surface area contributed by atoms with Crippen molar-refractivity contribution in [1.82, 2.24) is 0 Å². The van der Waals surface area contributed by atoms with Crippen LogP contribution in [0.4, 0.5) is 21.0 Å². The summed E-state index contributed by atoms with van der Waals surface area (Å²) < 4.78 is 38.4. The molecule has 0 aliphatic carbocycles. The Kier molecular flexibility index (Phi) is 15.0. The van der Waals surface area contributed by atoms with Gasteiger partial charge in [-0.25, -0.2) is 9.59 Å². The normalized spacial score (nSPS) is 16.7. The zero-order valence-electron chi connectivity index (χ0n) is 33.8. The summed E-state index contributed by atoms with van der Waals surface area (Å²) in [5.41, 5.74) is 0.928. The number of nitrogens with zero attached hydrogens (tertiary/aromatic N) is 2. The number of aliphatic hydroxyl groups is 1. The second-order valence-corrected chi connectivity index (χ2v) is 15.6. The molecule has 1 N–H and O–H groups in total. The zero-order chi connectivity index (χ0) is 43.8. The standard InChI is InChI=1S/C20H22BNO7.C13H19BO3.C7H4ClNO4/c1-19(2)20(3,4)29-21(28-19)15-7-5-14(6-8-15)13-26-18(23)27-17-11-9-16(10-12-17)22(24)25;1-12(2)13(3,4)17-14(16-12)11-7-5-10(9-15)6-8-11;8-7(10)13-6-3-1-5(2-4-6)9(11)12/h5-12H,13H2,1-4H3;5-8,15H,9H2,1-4H3;1-4H. The van der Waals surface area contributed by atoms with Gasteiger partial charge in [-0.2, -0.15) is 0 Å². The average molecular weight is 835 g/mol. The van der Waals surface area contributed by atoms with Crippen LogP contribution in [0, 0.1) is 20.2 Å². The number of rotatable bonds is 9. The lowest BCUT2D eigenvalue weighted by Crippen LogP contribution is -2.41. The molecular formula is C40H45B2ClN2O14. The summed E-state index contributed by atoms with van der Waals surface area (Å²) in [4.78, 5) is 41.8. The number of nitro groups is 2. The molecule has 59 heavy (non-hydrogen) atoms. The van der Waals surface area contributed by atoms with E-state index in [0.29, 0.717) is 0 Å². The predicted octanol–water partition coefficient (Wildman–Crippen LogP) is 7.42. The van der Waals surface area contributed by atoms with E-state index < -0.39 is 39.8 Å². The smallest absolute Gasteiger partial charge is 0.429 e. The second kappa shape index (κ2) is 19.1. The van der Waals surface area contributed by atoms with E-state index in [0.717, 1.165) is 22.1 Å². The summed E-state index contributed by atoms with van der Waals surface area (Å²) in [6, 6.07) is 25.2. The van der Waals surface area contributed by atoms with Crippen LogP contribution in [0.3, 0.4) is 0 Å². The third-order valence-electron chi connectivity index (χ3n) is 10.0. The molecule has 312 valence electrons. The highest BCUT2D eigenvalue weighted by atomic mass is 35.5. The molecule has 0 spiro atoms. The van der Waals surface area contributed by atoms with Gasteiger partial charge in [0.15, 0.2) is 0 Å². The number of aliphatic hydroxyl groups excluding tert-OH is 1. The zero-order valence-corrected chi connectivity index (χ0v) is 34.6. The maximum absolute atomic E-state index is 11.8. The lowest BCUT2D eigenvalue weighted by Gasteiger charge is -2.32. The van der Waals surface area contributed by atoms with Crippen LogP contribution in [0.15, 0.2) is 97.1 Å². The monoisotopic (exact) mass is 834 g/mol. The molecule has 6 rings (SSSR count). The Balaban J connectivity index is 0.000000216. The second-order valence-electron chi connectivity index (χ2n) is 15.3. The minimum Gasteiger partial charge on any atom is -0.429 e. The Labute approximate surface area is 347 Å². The Morgan fingerprint density at radius 2 is 0.932 bits per heavy atom. The van der Waals surface area contributed by atoms with E-state index in [-0.39, 0.29) is 54.4 Å². The highest BCUT2D eigenvalue weighted by Gasteiger charge is 2.52. The first-order valence-electron chi connectivity index (χ1n) is 18.2. The summed E-state index contributed by atoms with van der Waals surface area (Å²) in [7, 11) is -0.783. The molecule has 0 unspecified atom stereocenters. The van der Waals surface area contributed by atoms with Gasteiger partial charge in [0.25, 0.3) is 11.4 Å². The van der Waals surface area contributed by atoms with Gasteiger partial charge in [-0.05, 0) is 102 Å². The van der Waals surface area contributed by atoms with Crippen LogP contribution in [-0.2, 0) is 36.6 Å². The molecule has 0 atom stereocenters. The average Bonchev–Trinajstić information content (AvgIpc) is 3.54. The molecule has 4 aromatic rings. The van der Waals surface area contributed by atoms with Crippen molar-refractivity contribution in [3.05, 3.63) is 128 Å². The predicted molar refractivity (Wildman–Crippen MR) is 219 cm³/mol. The van der Waals surface area contributed by atoms with Gasteiger partial charge in [0.05, 0.1) is 38.9 Å². The van der Waals surface area contributed by atoms with Crippen LogP contribution in [0.25, 0.3) is 0 Å². The van der Waals surface area contributed by atoms with Crippen LogP contribution < -0.4 is 20.4 Å². The fourth-order valence-electron chi connectivity index (χ4n) is 5.14. The molecule has 4 aromatic carbocycles. The molecule has 0 aromatic heterocycles. The van der Waals surface area contributed by atoms with Crippen LogP contribution in [0.2, 0.25) is 0 Å². The summed E-state index contributed by atoms with van der Waals surface area (Å²) in [5, 5.41) is 29.8. The Bertz CT molecular complexity index is 2050. The first-order valence-corrected chi connectivity index (χ1v) is 18.6. The number of carbonyl (C=O) groups excluding carboxylic acids is 2. The molecule has 19 heteroatoms. The van der Waals surface area contributed by atoms with Crippen molar-refractivity contribution in [1.29, 1.82) is 0 Å². The van der Waals surface area contributed by atoms with Gasteiger partial charge in [-0.15, -0.1) is 0 Å². The van der Waals surface area contributed by atoms with E-state index in [4.69, 9.17) is 44.8 Å². The maximum atomic E-state index is 11.8. The van der Waals surface area contributed by atoms with Crippen LogP contribution in [-0.4, -0.2) is 63.2 Å². The van der Waals surface area contributed by atoms with E-state index in [1.807, 2.05) is 104 Å². The summed E-state index contributed by atoms with van der Waals surface area (Å²) in [5.74, 6) is 0.335. The van der Waals surface area contributed by atoms with Crippen molar-refractivity contribution in [2.45, 2.75) is 91.0 Å². The quantitative estimate of drug-likeness (QED) is 0.0435. The Hall–Kier alpha value is -5.36. The van der Waals surface area contributed by atoms with Crippen LogP contribution >= 0.6 is 11.6 Å². The van der Waals surface area contributed by atoms with Gasteiger partial charge in [0.2, 0.25) is 0 Å².